The van der Waals surface area contributed by atoms with Crippen molar-refractivity contribution in [3.8, 4) is 0 Å². The molecule has 2 heterocycles. The molecule has 0 bridgehead atoms. The predicted octanol–water partition coefficient (Wildman–Crippen LogP) is 2.33. The first-order valence-electron chi connectivity index (χ1n) is 7.27. The molecule has 0 aliphatic carbocycles. The zero-order valence-corrected chi connectivity index (χ0v) is 12.6. The van der Waals surface area contributed by atoms with Crippen LogP contribution in [0.25, 0.3) is 0 Å². The van der Waals surface area contributed by atoms with E-state index in [0.29, 0.717) is 11.4 Å². The van der Waals surface area contributed by atoms with Crippen LogP contribution in [0.1, 0.15) is 56.1 Å². The number of hydrazine groups is 1. The van der Waals surface area contributed by atoms with Crippen LogP contribution in [-0.4, -0.2) is 27.9 Å². The Labute approximate surface area is 120 Å². The molecule has 3 N–H and O–H groups in total. The van der Waals surface area contributed by atoms with Crippen molar-refractivity contribution < 1.29 is 4.79 Å². The van der Waals surface area contributed by atoms with Crippen LogP contribution in [0.5, 0.6) is 0 Å². The summed E-state index contributed by atoms with van der Waals surface area (Å²) in [6.07, 6.45) is 3.95. The zero-order valence-electron chi connectivity index (χ0n) is 12.6. The molecule has 110 valence electrons. The molecule has 1 aliphatic rings. The molecule has 0 saturated carbocycles. The fourth-order valence-electron chi connectivity index (χ4n) is 2.81. The average Bonchev–Trinajstić information content (AvgIpc) is 2.77. The zero-order chi connectivity index (χ0) is 14.8. The fraction of sp³-hybridized carbons (Fsp3) is 0.600. The van der Waals surface area contributed by atoms with E-state index in [1.807, 2.05) is 11.0 Å². The van der Waals surface area contributed by atoms with Gasteiger partial charge in [-0.1, -0.05) is 13.3 Å². The molecule has 5 nitrogen and oxygen atoms in total. The van der Waals surface area contributed by atoms with E-state index < -0.39 is 0 Å². The van der Waals surface area contributed by atoms with E-state index in [1.165, 1.54) is 0 Å². The van der Waals surface area contributed by atoms with Crippen LogP contribution < -0.4 is 11.3 Å². The lowest BCUT2D eigenvalue weighted by molar-refractivity contribution is 0.0652. The summed E-state index contributed by atoms with van der Waals surface area (Å²) in [6.45, 7) is 7.15. The van der Waals surface area contributed by atoms with Crippen molar-refractivity contribution in [1.29, 1.82) is 0 Å². The highest BCUT2D eigenvalue weighted by molar-refractivity contribution is 5.95. The van der Waals surface area contributed by atoms with E-state index in [2.05, 4.69) is 31.2 Å². The number of nitrogens with zero attached hydrogens (tertiary/aromatic N) is 2. The second-order valence-corrected chi connectivity index (χ2v) is 6.00. The topological polar surface area (TPSA) is 71.2 Å². The van der Waals surface area contributed by atoms with Gasteiger partial charge in [0.2, 0.25) is 0 Å². The third-order valence-electron chi connectivity index (χ3n) is 3.93. The van der Waals surface area contributed by atoms with Gasteiger partial charge >= 0.3 is 0 Å². The van der Waals surface area contributed by atoms with E-state index in [1.54, 1.807) is 6.07 Å². The molecule has 0 aromatic carbocycles. The van der Waals surface area contributed by atoms with Crippen LogP contribution in [-0.2, 0) is 6.42 Å². The summed E-state index contributed by atoms with van der Waals surface area (Å²) in [4.78, 5) is 19.1. The van der Waals surface area contributed by atoms with Gasteiger partial charge in [0.15, 0.2) is 0 Å². The van der Waals surface area contributed by atoms with Gasteiger partial charge in [0.25, 0.3) is 5.91 Å². The molecule has 5 heteroatoms. The monoisotopic (exact) mass is 276 g/mol. The number of rotatable bonds is 4. The Morgan fingerprint density at radius 1 is 1.50 bits per heavy atom. The number of aryl methyl sites for hydroxylation is 1. The highest BCUT2D eigenvalue weighted by Crippen LogP contribution is 2.30. The summed E-state index contributed by atoms with van der Waals surface area (Å²) in [5.41, 5.74) is 4.06. The Morgan fingerprint density at radius 2 is 2.25 bits per heavy atom. The van der Waals surface area contributed by atoms with Crippen LogP contribution in [0.15, 0.2) is 12.1 Å². The number of nitrogens with two attached hydrogens (primary N) is 1. The first-order valence-corrected chi connectivity index (χ1v) is 7.27. The maximum Gasteiger partial charge on any atom is 0.254 e. The molecule has 1 amide bonds. The van der Waals surface area contributed by atoms with Crippen molar-refractivity contribution in [1.82, 2.24) is 9.88 Å². The summed E-state index contributed by atoms with van der Waals surface area (Å²) in [6, 6.07) is 3.62. The third-order valence-corrected chi connectivity index (χ3v) is 3.93. The molecule has 1 aliphatic heterocycles. The molecule has 20 heavy (non-hydrogen) atoms. The standard InChI is InChI=1S/C15H24N4O/c1-4-6-12-9-11(10-13(17-12)18-16)14(20)19-8-5-7-15(19,2)3/h9-10H,4-8,16H2,1-3H3,(H,17,18). The van der Waals surface area contributed by atoms with Gasteiger partial charge in [0.1, 0.15) is 5.82 Å². The number of hydrogen-bond donors (Lipinski definition) is 2. The Hall–Kier alpha value is -1.62. The van der Waals surface area contributed by atoms with Crippen molar-refractivity contribution in [2.75, 3.05) is 12.0 Å². The fourth-order valence-corrected chi connectivity index (χ4v) is 2.81. The first kappa shape index (κ1) is 14.8. The van der Waals surface area contributed by atoms with Gasteiger partial charge in [-0.2, -0.15) is 0 Å². The summed E-state index contributed by atoms with van der Waals surface area (Å²) >= 11 is 0. The second kappa shape index (κ2) is 5.79. The molecule has 0 unspecified atom stereocenters. The van der Waals surface area contributed by atoms with Crippen LogP contribution in [0.4, 0.5) is 5.82 Å². The summed E-state index contributed by atoms with van der Waals surface area (Å²) in [5.74, 6) is 6.08. The molecule has 1 aromatic rings. The minimum Gasteiger partial charge on any atom is -0.334 e. The number of amides is 1. The number of carbonyl (C=O) groups excluding carboxylic acids is 1. The largest absolute Gasteiger partial charge is 0.334 e. The summed E-state index contributed by atoms with van der Waals surface area (Å²) < 4.78 is 0. The highest BCUT2D eigenvalue weighted by Gasteiger charge is 2.35. The third kappa shape index (κ3) is 2.93. The van der Waals surface area contributed by atoms with Crippen molar-refractivity contribution in [3.05, 3.63) is 23.4 Å². The normalized spacial score (nSPS) is 17.3. The van der Waals surface area contributed by atoms with Crippen molar-refractivity contribution in [2.24, 2.45) is 5.84 Å². The van der Waals surface area contributed by atoms with Crippen LogP contribution in [0.3, 0.4) is 0 Å². The number of pyridine rings is 1. The molecular weight excluding hydrogens is 252 g/mol. The Balaban J connectivity index is 2.31. The van der Waals surface area contributed by atoms with Gasteiger partial charge in [0.05, 0.1) is 0 Å². The second-order valence-electron chi connectivity index (χ2n) is 6.00. The molecule has 0 spiro atoms. The van der Waals surface area contributed by atoms with Crippen molar-refractivity contribution in [3.63, 3.8) is 0 Å². The van der Waals surface area contributed by atoms with E-state index in [9.17, 15) is 4.79 Å². The number of carbonyl (C=O) groups is 1. The molecule has 1 saturated heterocycles. The van der Waals surface area contributed by atoms with Crippen molar-refractivity contribution >= 4 is 11.7 Å². The SMILES string of the molecule is CCCc1cc(C(=O)N2CCCC2(C)C)cc(NN)n1. The Morgan fingerprint density at radius 3 is 2.80 bits per heavy atom. The minimum atomic E-state index is -0.0679. The quantitative estimate of drug-likeness (QED) is 0.654. The van der Waals surface area contributed by atoms with Gasteiger partial charge in [-0.3, -0.25) is 4.79 Å². The lowest BCUT2D eigenvalue weighted by atomic mass is 10.0. The summed E-state index contributed by atoms with van der Waals surface area (Å²) in [5, 5.41) is 0. The average molecular weight is 276 g/mol. The van der Waals surface area contributed by atoms with Crippen LogP contribution >= 0.6 is 0 Å². The molecule has 0 atom stereocenters. The molecule has 1 fully saturated rings. The van der Waals surface area contributed by atoms with Gasteiger partial charge in [-0.05, 0) is 45.2 Å². The lowest BCUT2D eigenvalue weighted by Crippen LogP contribution is -2.42. The number of aromatic nitrogens is 1. The Kier molecular flexibility index (Phi) is 4.28. The highest BCUT2D eigenvalue weighted by atomic mass is 16.2. The number of hydrogen-bond acceptors (Lipinski definition) is 4. The number of likely N-dealkylation sites (tertiary alicyclic amines) is 1. The van der Waals surface area contributed by atoms with E-state index in [4.69, 9.17) is 5.84 Å². The smallest absolute Gasteiger partial charge is 0.254 e. The van der Waals surface area contributed by atoms with Gasteiger partial charge < -0.3 is 10.3 Å². The minimum absolute atomic E-state index is 0.0679. The van der Waals surface area contributed by atoms with Crippen molar-refractivity contribution in [2.45, 2.75) is 52.0 Å². The van der Waals surface area contributed by atoms with Gasteiger partial charge in [-0.25, -0.2) is 10.8 Å². The van der Waals surface area contributed by atoms with E-state index in [0.717, 1.165) is 37.9 Å². The maximum atomic E-state index is 12.7. The van der Waals surface area contributed by atoms with Gasteiger partial charge in [0, 0.05) is 23.3 Å². The number of nitrogens with one attached hydrogen (secondary N) is 1. The van der Waals surface area contributed by atoms with Gasteiger partial charge in [-0.15, -0.1) is 0 Å². The van der Waals surface area contributed by atoms with Crippen LogP contribution in [0, 0.1) is 0 Å². The van der Waals surface area contributed by atoms with E-state index >= 15 is 0 Å². The van der Waals surface area contributed by atoms with E-state index in [-0.39, 0.29) is 11.4 Å². The number of anilines is 1. The molecule has 1 aromatic heterocycles. The molecular formula is C15H24N4O. The molecule has 0 radical (unpaired) electrons. The first-order chi connectivity index (χ1) is 9.47. The summed E-state index contributed by atoms with van der Waals surface area (Å²) in [7, 11) is 0. The molecule has 2 rings (SSSR count). The maximum absolute atomic E-state index is 12.7. The lowest BCUT2D eigenvalue weighted by Gasteiger charge is -2.31. The Bertz CT molecular complexity index is 499. The van der Waals surface area contributed by atoms with Crippen LogP contribution in [0.2, 0.25) is 0 Å². The predicted molar refractivity (Wildman–Crippen MR) is 80.4 cm³/mol. The number of nitrogen functional groups attached to an aromatic ring is 1.